The maximum atomic E-state index is 12.3. The topological polar surface area (TPSA) is 49.9 Å². The first kappa shape index (κ1) is 16.2. The predicted octanol–water partition coefficient (Wildman–Crippen LogP) is 1.21. The van der Waals surface area contributed by atoms with Crippen LogP contribution in [-0.4, -0.2) is 62.8 Å². The summed E-state index contributed by atoms with van der Waals surface area (Å²) >= 11 is 0. The molecule has 1 aromatic carbocycles. The molecule has 5 heteroatoms. The molecular weight excluding hydrogens is 256 g/mol. The van der Waals surface area contributed by atoms with Gasteiger partial charge in [0, 0.05) is 14.1 Å². The molecule has 0 unspecified atom stereocenters. The summed E-state index contributed by atoms with van der Waals surface area (Å²) in [7, 11) is 6.69. The predicted molar refractivity (Wildman–Crippen MR) is 78.3 cm³/mol. The van der Waals surface area contributed by atoms with Crippen LogP contribution in [0.25, 0.3) is 0 Å². The Morgan fingerprint density at radius 1 is 1.15 bits per heavy atom. The highest BCUT2D eigenvalue weighted by Gasteiger charge is 2.16. The molecule has 1 aromatic rings. The molecule has 1 amide bonds. The van der Waals surface area contributed by atoms with Crippen LogP contribution in [0.15, 0.2) is 18.2 Å². The quantitative estimate of drug-likeness (QED) is 0.734. The molecule has 1 rings (SSSR count). The van der Waals surface area contributed by atoms with E-state index in [-0.39, 0.29) is 24.8 Å². The molecule has 0 N–H and O–H groups in total. The zero-order chi connectivity index (χ0) is 15.3. The van der Waals surface area contributed by atoms with E-state index >= 15 is 0 Å². The third-order valence-corrected chi connectivity index (χ3v) is 2.97. The van der Waals surface area contributed by atoms with Crippen LogP contribution in [-0.2, 0) is 4.79 Å². The van der Waals surface area contributed by atoms with Crippen LogP contribution in [0.3, 0.4) is 0 Å². The second-order valence-corrected chi connectivity index (χ2v) is 5.09. The van der Waals surface area contributed by atoms with Gasteiger partial charge in [0.1, 0.15) is 5.75 Å². The van der Waals surface area contributed by atoms with E-state index in [0.29, 0.717) is 11.3 Å². The number of rotatable bonds is 6. The highest BCUT2D eigenvalue weighted by atomic mass is 16.5. The van der Waals surface area contributed by atoms with E-state index in [4.69, 9.17) is 4.74 Å². The number of ketones is 1. The number of carbonyl (C=O) groups is 2. The Kier molecular flexibility index (Phi) is 5.70. The van der Waals surface area contributed by atoms with Crippen LogP contribution in [0.5, 0.6) is 5.75 Å². The van der Waals surface area contributed by atoms with E-state index in [2.05, 4.69) is 0 Å². The zero-order valence-electron chi connectivity index (χ0n) is 12.8. The lowest BCUT2D eigenvalue weighted by Crippen LogP contribution is -2.37. The number of Topliss-reactive ketones (excluding diaryl/α,β-unsaturated/α-hetero) is 1. The van der Waals surface area contributed by atoms with Gasteiger partial charge in [0.2, 0.25) is 5.91 Å². The summed E-state index contributed by atoms with van der Waals surface area (Å²) in [5.41, 5.74) is 1.58. The lowest BCUT2D eigenvalue weighted by molar-refractivity contribution is -0.129. The van der Waals surface area contributed by atoms with Crippen molar-refractivity contribution < 1.29 is 14.3 Å². The van der Waals surface area contributed by atoms with Crippen LogP contribution < -0.4 is 4.74 Å². The average Bonchev–Trinajstić information content (AvgIpc) is 2.37. The highest BCUT2D eigenvalue weighted by Crippen LogP contribution is 2.20. The lowest BCUT2D eigenvalue weighted by Gasteiger charge is -2.18. The van der Waals surface area contributed by atoms with Gasteiger partial charge in [0.25, 0.3) is 0 Å². The fraction of sp³-hybridized carbons (Fsp3) is 0.467. The van der Waals surface area contributed by atoms with Gasteiger partial charge in [-0.25, -0.2) is 0 Å². The van der Waals surface area contributed by atoms with Gasteiger partial charge in [-0.1, -0.05) is 6.07 Å². The molecule has 0 aliphatic carbocycles. The monoisotopic (exact) mass is 278 g/mol. The molecule has 0 heterocycles. The summed E-state index contributed by atoms with van der Waals surface area (Å²) in [6, 6.07) is 5.47. The van der Waals surface area contributed by atoms with E-state index in [9.17, 15) is 9.59 Å². The Balaban J connectivity index is 2.74. The number of hydrogen-bond acceptors (Lipinski definition) is 4. The van der Waals surface area contributed by atoms with Gasteiger partial charge in [0.05, 0.1) is 25.8 Å². The minimum absolute atomic E-state index is 0.0313. The number of carbonyl (C=O) groups excluding carboxylic acids is 2. The number of aryl methyl sites for hydroxylation is 1. The Morgan fingerprint density at radius 2 is 1.80 bits per heavy atom. The van der Waals surface area contributed by atoms with Crippen LogP contribution in [0.1, 0.15) is 15.9 Å². The molecule has 0 spiro atoms. The Bertz CT molecular complexity index is 498. The molecule has 0 bridgehead atoms. The summed E-state index contributed by atoms with van der Waals surface area (Å²) in [4.78, 5) is 27.0. The first-order valence-electron chi connectivity index (χ1n) is 6.41. The van der Waals surface area contributed by atoms with E-state index in [1.54, 1.807) is 39.2 Å². The Morgan fingerprint density at radius 3 is 2.35 bits per heavy atom. The number of ether oxygens (including phenoxy) is 1. The van der Waals surface area contributed by atoms with E-state index < -0.39 is 0 Å². The van der Waals surface area contributed by atoms with Crippen molar-refractivity contribution >= 4 is 11.7 Å². The van der Waals surface area contributed by atoms with Gasteiger partial charge in [-0.05, 0) is 31.7 Å². The normalized spacial score (nSPS) is 10.5. The number of methoxy groups -OCH3 is 1. The second-order valence-electron chi connectivity index (χ2n) is 5.09. The molecule has 0 aromatic heterocycles. The van der Waals surface area contributed by atoms with Crippen LogP contribution >= 0.6 is 0 Å². The number of nitrogens with zero attached hydrogens (tertiary/aromatic N) is 2. The molecule has 0 radical (unpaired) electrons. The van der Waals surface area contributed by atoms with Gasteiger partial charge in [0.15, 0.2) is 5.78 Å². The zero-order valence-corrected chi connectivity index (χ0v) is 12.8. The van der Waals surface area contributed by atoms with Gasteiger partial charge in [-0.15, -0.1) is 0 Å². The summed E-state index contributed by atoms with van der Waals surface area (Å²) < 4.78 is 5.23. The van der Waals surface area contributed by atoms with Crippen molar-refractivity contribution in [2.45, 2.75) is 6.92 Å². The van der Waals surface area contributed by atoms with Crippen molar-refractivity contribution in [1.29, 1.82) is 0 Å². The third kappa shape index (κ3) is 4.35. The molecule has 0 saturated carbocycles. The maximum absolute atomic E-state index is 12.3. The first-order valence-corrected chi connectivity index (χ1v) is 6.41. The molecule has 110 valence electrons. The Labute approximate surface area is 120 Å². The first-order chi connectivity index (χ1) is 9.35. The standard InChI is InChI=1S/C15H22N2O3/c1-11-6-7-12(14(8-11)20-5)13(18)9-17(4)10-15(19)16(2)3/h6-8H,9-10H2,1-5H3. The smallest absolute Gasteiger partial charge is 0.236 e. The van der Waals surface area contributed by atoms with Crippen molar-refractivity contribution in [3.63, 3.8) is 0 Å². The maximum Gasteiger partial charge on any atom is 0.236 e. The molecule has 20 heavy (non-hydrogen) atoms. The van der Waals surface area contributed by atoms with Gasteiger partial charge in [-0.3, -0.25) is 14.5 Å². The van der Waals surface area contributed by atoms with Crippen LogP contribution in [0.2, 0.25) is 0 Å². The number of hydrogen-bond donors (Lipinski definition) is 0. The number of benzene rings is 1. The minimum atomic E-state index is -0.0593. The van der Waals surface area contributed by atoms with Crippen molar-refractivity contribution in [3.8, 4) is 5.75 Å². The number of amides is 1. The molecule has 0 aliphatic rings. The molecule has 0 saturated heterocycles. The summed E-state index contributed by atoms with van der Waals surface area (Å²) in [6.07, 6.45) is 0. The van der Waals surface area contributed by atoms with Gasteiger partial charge in [-0.2, -0.15) is 0 Å². The SMILES string of the molecule is COc1cc(C)ccc1C(=O)CN(C)CC(=O)N(C)C. The summed E-state index contributed by atoms with van der Waals surface area (Å²) in [5.74, 6) is 0.481. The molecule has 5 nitrogen and oxygen atoms in total. The molecule has 0 fully saturated rings. The molecular formula is C15H22N2O3. The van der Waals surface area contributed by atoms with E-state index in [1.165, 1.54) is 4.90 Å². The van der Waals surface area contributed by atoms with Gasteiger partial charge < -0.3 is 9.64 Å². The molecule has 0 aliphatic heterocycles. The van der Waals surface area contributed by atoms with Crippen molar-refractivity contribution in [1.82, 2.24) is 9.80 Å². The minimum Gasteiger partial charge on any atom is -0.496 e. The van der Waals surface area contributed by atoms with Crippen molar-refractivity contribution in [2.24, 2.45) is 0 Å². The van der Waals surface area contributed by atoms with Crippen molar-refractivity contribution in [3.05, 3.63) is 29.3 Å². The lowest BCUT2D eigenvalue weighted by atomic mass is 10.1. The van der Waals surface area contributed by atoms with Gasteiger partial charge >= 0.3 is 0 Å². The highest BCUT2D eigenvalue weighted by molar-refractivity contribution is 6.00. The Hall–Kier alpha value is -1.88. The van der Waals surface area contributed by atoms with E-state index in [1.807, 2.05) is 19.1 Å². The van der Waals surface area contributed by atoms with E-state index in [0.717, 1.165) is 5.56 Å². The summed E-state index contributed by atoms with van der Waals surface area (Å²) in [5, 5.41) is 0. The average molecular weight is 278 g/mol. The second kappa shape index (κ2) is 7.05. The summed E-state index contributed by atoms with van der Waals surface area (Å²) in [6.45, 7) is 2.34. The molecule has 0 atom stereocenters. The third-order valence-electron chi connectivity index (χ3n) is 2.97. The van der Waals surface area contributed by atoms with Crippen LogP contribution in [0.4, 0.5) is 0 Å². The fourth-order valence-electron chi connectivity index (χ4n) is 1.79. The van der Waals surface area contributed by atoms with Crippen LogP contribution in [0, 0.1) is 6.92 Å². The van der Waals surface area contributed by atoms with Crippen molar-refractivity contribution in [2.75, 3.05) is 41.3 Å². The fourth-order valence-corrected chi connectivity index (χ4v) is 1.79. The largest absolute Gasteiger partial charge is 0.496 e. The number of likely N-dealkylation sites (N-methyl/N-ethyl adjacent to an activating group) is 2.